The quantitative estimate of drug-likeness (QED) is 0.412. The van der Waals surface area contributed by atoms with Crippen LogP contribution in [0.5, 0.6) is 5.75 Å². The van der Waals surface area contributed by atoms with Crippen LogP contribution in [0.4, 0.5) is 10.1 Å². The molecule has 1 unspecified atom stereocenters. The summed E-state index contributed by atoms with van der Waals surface area (Å²) >= 11 is 0. The molecule has 1 saturated heterocycles. The molecule has 0 bridgehead atoms. The highest BCUT2D eigenvalue weighted by molar-refractivity contribution is 5.80. The number of piperazine rings is 1. The summed E-state index contributed by atoms with van der Waals surface area (Å²) in [5.74, 6) is 1.16. The number of nitrogens with one attached hydrogen (secondary N) is 1. The highest BCUT2D eigenvalue weighted by Gasteiger charge is 2.34. The highest BCUT2D eigenvalue weighted by atomic mass is 19.1. The van der Waals surface area contributed by atoms with Gasteiger partial charge in [-0.2, -0.15) is 0 Å². The topological polar surface area (TPSA) is 92.2 Å². The van der Waals surface area contributed by atoms with Crippen molar-refractivity contribution >= 4 is 16.6 Å². The Kier molecular flexibility index (Phi) is 6.80. The second-order valence-electron chi connectivity index (χ2n) is 10.2. The predicted molar refractivity (Wildman–Crippen MR) is 143 cm³/mol. The van der Waals surface area contributed by atoms with Crippen molar-refractivity contribution in [3.05, 3.63) is 76.1 Å². The summed E-state index contributed by atoms with van der Waals surface area (Å²) in [6.07, 6.45) is 5.62. The average molecular weight is 518 g/mol. The van der Waals surface area contributed by atoms with Gasteiger partial charge in [0.25, 0.3) is 5.56 Å². The highest BCUT2D eigenvalue weighted by Crippen LogP contribution is 2.34. The molecule has 1 N–H and O–H groups in total. The molecule has 0 amide bonds. The Morgan fingerprint density at radius 1 is 1.00 bits per heavy atom. The fourth-order valence-electron chi connectivity index (χ4n) is 5.88. The molecule has 3 heterocycles. The van der Waals surface area contributed by atoms with Gasteiger partial charge in [0.15, 0.2) is 5.82 Å². The van der Waals surface area contributed by atoms with E-state index in [0.717, 1.165) is 55.4 Å². The second-order valence-corrected chi connectivity index (χ2v) is 10.2. The molecule has 9 nitrogen and oxygen atoms in total. The average Bonchev–Trinajstić information content (AvgIpc) is 3.44. The van der Waals surface area contributed by atoms with Crippen LogP contribution in [0, 0.1) is 5.82 Å². The van der Waals surface area contributed by atoms with Crippen molar-refractivity contribution in [3.63, 3.8) is 0 Å². The Hall–Kier alpha value is -3.79. The zero-order valence-electron chi connectivity index (χ0n) is 21.5. The Bertz CT molecular complexity index is 1450. The first kappa shape index (κ1) is 24.5. The lowest BCUT2D eigenvalue weighted by Crippen LogP contribution is -2.49. The number of hydrogen-bond acceptors (Lipinski definition) is 7. The number of halogens is 1. The molecule has 1 aliphatic heterocycles. The minimum Gasteiger partial charge on any atom is -0.497 e. The third kappa shape index (κ3) is 4.76. The number of methoxy groups -OCH3 is 1. The molecule has 10 heteroatoms. The maximum atomic E-state index is 13.6. The molecule has 2 aromatic carbocycles. The molecule has 2 aromatic heterocycles. The summed E-state index contributed by atoms with van der Waals surface area (Å²) in [5.41, 5.74) is 2.19. The van der Waals surface area contributed by atoms with E-state index in [0.29, 0.717) is 30.2 Å². The number of aromatic amines is 1. The number of nitrogens with zero attached hydrogens (tertiary/aromatic N) is 6. The number of benzene rings is 2. The van der Waals surface area contributed by atoms with E-state index in [1.807, 2.05) is 41.1 Å². The van der Waals surface area contributed by atoms with Crippen LogP contribution in [0.25, 0.3) is 10.9 Å². The lowest BCUT2D eigenvalue weighted by Gasteiger charge is -2.40. The predicted octanol–water partition coefficient (Wildman–Crippen LogP) is 4.08. The van der Waals surface area contributed by atoms with Crippen molar-refractivity contribution < 1.29 is 9.13 Å². The zero-order chi connectivity index (χ0) is 26.1. The zero-order valence-corrected chi connectivity index (χ0v) is 21.5. The fourth-order valence-corrected chi connectivity index (χ4v) is 5.88. The monoisotopic (exact) mass is 517 g/mol. The maximum Gasteiger partial charge on any atom is 0.253 e. The van der Waals surface area contributed by atoms with Gasteiger partial charge in [0, 0.05) is 43.5 Å². The van der Waals surface area contributed by atoms with Crippen LogP contribution in [0.15, 0.2) is 53.3 Å². The maximum absolute atomic E-state index is 13.6. The minimum absolute atomic E-state index is 0.157. The van der Waals surface area contributed by atoms with Crippen LogP contribution in [0.3, 0.4) is 0 Å². The standard InChI is InChI=1S/C28H32FN7O2/c1-38-23-12-7-19-17-24(28(37)30-25(19)18-23)26(27-31-32-33-36(27)22-5-3-2-4-6-22)35-15-13-34(14-16-35)21-10-8-20(29)9-11-21/h7-12,17-18,22,26H,2-6,13-16H2,1H3,(H,30,37). The molecule has 6 rings (SSSR count). The van der Waals surface area contributed by atoms with Gasteiger partial charge in [0.05, 0.1) is 18.7 Å². The van der Waals surface area contributed by atoms with E-state index in [1.165, 1.54) is 18.6 Å². The van der Waals surface area contributed by atoms with Gasteiger partial charge in [0.1, 0.15) is 17.6 Å². The number of rotatable bonds is 6. The van der Waals surface area contributed by atoms with Gasteiger partial charge >= 0.3 is 0 Å². The van der Waals surface area contributed by atoms with Crippen molar-refractivity contribution in [1.29, 1.82) is 0 Å². The summed E-state index contributed by atoms with van der Waals surface area (Å²) in [4.78, 5) is 21.2. The third-order valence-corrected chi connectivity index (χ3v) is 7.93. The molecule has 1 saturated carbocycles. The van der Waals surface area contributed by atoms with E-state index in [4.69, 9.17) is 4.74 Å². The van der Waals surface area contributed by atoms with E-state index in [2.05, 4.69) is 30.3 Å². The molecule has 1 aliphatic carbocycles. The number of H-pyrrole nitrogens is 1. The third-order valence-electron chi connectivity index (χ3n) is 7.93. The van der Waals surface area contributed by atoms with Crippen molar-refractivity contribution in [3.8, 4) is 5.75 Å². The van der Waals surface area contributed by atoms with Gasteiger partial charge in [0.2, 0.25) is 0 Å². The minimum atomic E-state index is -0.391. The lowest BCUT2D eigenvalue weighted by molar-refractivity contribution is 0.192. The summed E-state index contributed by atoms with van der Waals surface area (Å²) < 4.78 is 20.8. The van der Waals surface area contributed by atoms with Crippen LogP contribution in [-0.4, -0.2) is 63.4 Å². The van der Waals surface area contributed by atoms with Crippen LogP contribution in [0.1, 0.15) is 55.6 Å². The van der Waals surface area contributed by atoms with Gasteiger partial charge in [-0.05, 0) is 71.1 Å². The first-order chi connectivity index (χ1) is 18.6. The molecular weight excluding hydrogens is 485 g/mol. The van der Waals surface area contributed by atoms with Gasteiger partial charge in [-0.25, -0.2) is 9.07 Å². The van der Waals surface area contributed by atoms with Crippen LogP contribution >= 0.6 is 0 Å². The Morgan fingerprint density at radius 3 is 2.50 bits per heavy atom. The van der Waals surface area contributed by atoms with E-state index < -0.39 is 6.04 Å². The molecular formula is C28H32FN7O2. The molecule has 1 atom stereocenters. The SMILES string of the molecule is COc1ccc2cc(C(c3nnnn3C3CCCCC3)N3CCN(c4ccc(F)cc4)CC3)c(=O)[nH]c2c1. The number of hydrogen-bond donors (Lipinski definition) is 1. The molecule has 198 valence electrons. The van der Waals surface area contributed by atoms with E-state index in [1.54, 1.807) is 7.11 Å². The number of pyridine rings is 1. The van der Waals surface area contributed by atoms with Crippen molar-refractivity contribution in [2.45, 2.75) is 44.2 Å². The van der Waals surface area contributed by atoms with Crippen molar-refractivity contribution in [2.24, 2.45) is 0 Å². The molecule has 2 fully saturated rings. The van der Waals surface area contributed by atoms with Crippen molar-refractivity contribution in [1.82, 2.24) is 30.1 Å². The molecule has 2 aliphatic rings. The van der Waals surface area contributed by atoms with Gasteiger partial charge < -0.3 is 14.6 Å². The summed E-state index contributed by atoms with van der Waals surface area (Å²) in [6.45, 7) is 2.91. The lowest BCUT2D eigenvalue weighted by atomic mass is 9.95. The van der Waals surface area contributed by atoms with Crippen molar-refractivity contribution in [2.75, 3.05) is 38.2 Å². The number of fused-ring (bicyclic) bond motifs is 1. The van der Waals surface area contributed by atoms with Gasteiger partial charge in [-0.15, -0.1) is 5.10 Å². The smallest absolute Gasteiger partial charge is 0.253 e. The van der Waals surface area contributed by atoms with Crippen LogP contribution in [0.2, 0.25) is 0 Å². The largest absolute Gasteiger partial charge is 0.497 e. The molecule has 4 aromatic rings. The van der Waals surface area contributed by atoms with Gasteiger partial charge in [-0.1, -0.05) is 19.3 Å². The fraction of sp³-hybridized carbons (Fsp3) is 0.429. The van der Waals surface area contributed by atoms with E-state index in [-0.39, 0.29) is 17.4 Å². The van der Waals surface area contributed by atoms with Gasteiger partial charge in [-0.3, -0.25) is 9.69 Å². The van der Waals surface area contributed by atoms with E-state index >= 15 is 0 Å². The molecule has 0 spiro atoms. The Labute approximate surface area is 220 Å². The Balaban J connectivity index is 1.38. The molecule has 0 radical (unpaired) electrons. The summed E-state index contributed by atoms with van der Waals surface area (Å²) in [6, 6.07) is 14.1. The summed E-state index contributed by atoms with van der Waals surface area (Å²) in [7, 11) is 1.61. The number of ether oxygens (including phenoxy) is 1. The molecule has 38 heavy (non-hydrogen) atoms. The first-order valence-electron chi connectivity index (χ1n) is 13.3. The number of tetrazole rings is 1. The normalized spacial score (nSPS) is 18.1. The number of aromatic nitrogens is 5. The van der Waals surface area contributed by atoms with E-state index in [9.17, 15) is 9.18 Å². The second kappa shape index (κ2) is 10.5. The van der Waals surface area contributed by atoms with Crippen LogP contribution < -0.4 is 15.2 Å². The summed E-state index contributed by atoms with van der Waals surface area (Å²) in [5, 5.41) is 13.9. The van der Waals surface area contributed by atoms with Crippen LogP contribution in [-0.2, 0) is 0 Å². The Morgan fingerprint density at radius 2 is 1.76 bits per heavy atom. The number of anilines is 1. The first-order valence-corrected chi connectivity index (χ1v) is 13.3.